The standard InChI is InChI=1S/C20H24N2O3/c1-13(2)22-20(23)16-7-8-21-17(11-16)10-14-9-15-5-4-6-18(24-3)19(15)25-12-14/h4-8,11,13-14H,9-10,12H2,1-3H3,(H,22,23). The maximum Gasteiger partial charge on any atom is 0.251 e. The number of hydrogen-bond donors (Lipinski definition) is 1. The third-order valence-electron chi connectivity index (χ3n) is 4.25. The minimum Gasteiger partial charge on any atom is -0.493 e. The molecule has 2 heterocycles. The fourth-order valence-electron chi connectivity index (χ4n) is 3.12. The summed E-state index contributed by atoms with van der Waals surface area (Å²) in [7, 11) is 1.66. The van der Waals surface area contributed by atoms with Crippen LogP contribution in [-0.2, 0) is 12.8 Å². The van der Waals surface area contributed by atoms with Gasteiger partial charge in [0, 0.05) is 29.4 Å². The number of benzene rings is 1. The van der Waals surface area contributed by atoms with E-state index in [1.807, 2.05) is 32.0 Å². The summed E-state index contributed by atoms with van der Waals surface area (Å²) < 4.78 is 11.3. The number of hydrogen-bond acceptors (Lipinski definition) is 4. The summed E-state index contributed by atoms with van der Waals surface area (Å²) >= 11 is 0. The van der Waals surface area contributed by atoms with Crippen LogP contribution in [-0.4, -0.2) is 30.6 Å². The molecule has 0 bridgehead atoms. The second kappa shape index (κ2) is 7.55. The zero-order valence-electron chi connectivity index (χ0n) is 14.9. The highest BCUT2D eigenvalue weighted by Crippen LogP contribution is 2.36. The summed E-state index contributed by atoms with van der Waals surface area (Å²) in [6, 6.07) is 9.71. The molecule has 1 aromatic heterocycles. The number of rotatable bonds is 5. The van der Waals surface area contributed by atoms with Gasteiger partial charge in [-0.25, -0.2) is 0 Å². The van der Waals surface area contributed by atoms with Crippen molar-refractivity contribution in [2.45, 2.75) is 32.7 Å². The van der Waals surface area contributed by atoms with E-state index >= 15 is 0 Å². The molecule has 2 aromatic rings. The van der Waals surface area contributed by atoms with Crippen molar-refractivity contribution >= 4 is 5.91 Å². The molecule has 1 aliphatic heterocycles. The van der Waals surface area contributed by atoms with E-state index in [1.165, 1.54) is 0 Å². The van der Waals surface area contributed by atoms with Crippen LogP contribution in [0.5, 0.6) is 11.5 Å². The van der Waals surface area contributed by atoms with Gasteiger partial charge in [-0.2, -0.15) is 0 Å². The Morgan fingerprint density at radius 1 is 1.40 bits per heavy atom. The van der Waals surface area contributed by atoms with Gasteiger partial charge in [0.25, 0.3) is 5.91 Å². The molecule has 132 valence electrons. The summed E-state index contributed by atoms with van der Waals surface area (Å²) in [6.07, 6.45) is 3.39. The minimum atomic E-state index is -0.0615. The van der Waals surface area contributed by atoms with E-state index in [0.29, 0.717) is 18.1 Å². The fourth-order valence-corrected chi connectivity index (χ4v) is 3.12. The van der Waals surface area contributed by atoms with Crippen LogP contribution in [0, 0.1) is 5.92 Å². The lowest BCUT2D eigenvalue weighted by Crippen LogP contribution is -2.30. The maximum atomic E-state index is 12.2. The fraction of sp³-hybridized carbons (Fsp3) is 0.400. The highest BCUT2D eigenvalue weighted by Gasteiger charge is 2.23. The van der Waals surface area contributed by atoms with E-state index in [9.17, 15) is 4.79 Å². The number of nitrogens with zero attached hydrogens (tertiary/aromatic N) is 1. The molecule has 1 aliphatic rings. The van der Waals surface area contributed by atoms with Crippen LogP contribution < -0.4 is 14.8 Å². The normalized spacial score (nSPS) is 16.1. The summed E-state index contributed by atoms with van der Waals surface area (Å²) in [5.74, 6) is 1.89. The molecule has 0 aliphatic carbocycles. The van der Waals surface area contributed by atoms with Crippen LogP contribution in [0.2, 0.25) is 0 Å². The third-order valence-corrected chi connectivity index (χ3v) is 4.25. The first-order valence-corrected chi connectivity index (χ1v) is 8.61. The van der Waals surface area contributed by atoms with Crippen molar-refractivity contribution in [3.8, 4) is 11.5 Å². The van der Waals surface area contributed by atoms with Gasteiger partial charge in [-0.3, -0.25) is 9.78 Å². The Labute approximate surface area is 148 Å². The number of aromatic nitrogens is 1. The Hall–Kier alpha value is -2.56. The molecule has 1 N–H and O–H groups in total. The summed E-state index contributed by atoms with van der Waals surface area (Å²) in [5, 5.41) is 2.91. The highest BCUT2D eigenvalue weighted by atomic mass is 16.5. The van der Waals surface area contributed by atoms with Crippen LogP contribution in [0.3, 0.4) is 0 Å². The van der Waals surface area contributed by atoms with Crippen molar-refractivity contribution in [1.29, 1.82) is 0 Å². The Morgan fingerprint density at radius 2 is 2.24 bits per heavy atom. The van der Waals surface area contributed by atoms with Crippen LogP contribution in [0.4, 0.5) is 0 Å². The van der Waals surface area contributed by atoms with Crippen molar-refractivity contribution in [2.24, 2.45) is 5.92 Å². The topological polar surface area (TPSA) is 60.5 Å². The average molecular weight is 340 g/mol. The number of nitrogens with one attached hydrogen (secondary N) is 1. The van der Waals surface area contributed by atoms with Crippen LogP contribution in [0.1, 0.15) is 35.5 Å². The molecular formula is C20H24N2O3. The molecule has 5 heteroatoms. The second-order valence-corrected chi connectivity index (χ2v) is 6.70. The Balaban J connectivity index is 1.70. The second-order valence-electron chi connectivity index (χ2n) is 6.70. The van der Waals surface area contributed by atoms with Gasteiger partial charge in [0.15, 0.2) is 11.5 Å². The molecule has 1 atom stereocenters. The average Bonchev–Trinajstić information content (AvgIpc) is 2.60. The Bertz CT molecular complexity index is 758. The SMILES string of the molecule is COc1cccc2c1OCC(Cc1cc(C(=O)NC(C)C)ccn1)C2. The lowest BCUT2D eigenvalue weighted by Gasteiger charge is -2.26. The van der Waals surface area contributed by atoms with Gasteiger partial charge in [-0.05, 0) is 50.5 Å². The number of pyridine rings is 1. The first-order valence-electron chi connectivity index (χ1n) is 8.61. The quantitative estimate of drug-likeness (QED) is 0.909. The molecule has 0 spiro atoms. The van der Waals surface area contributed by atoms with E-state index in [-0.39, 0.29) is 11.9 Å². The maximum absolute atomic E-state index is 12.2. The molecule has 0 saturated carbocycles. The van der Waals surface area contributed by atoms with Gasteiger partial charge in [0.2, 0.25) is 0 Å². The lowest BCUT2D eigenvalue weighted by molar-refractivity contribution is 0.0943. The zero-order chi connectivity index (χ0) is 17.8. The molecular weight excluding hydrogens is 316 g/mol. The first-order chi connectivity index (χ1) is 12.1. The molecule has 0 radical (unpaired) electrons. The van der Waals surface area contributed by atoms with Gasteiger partial charge < -0.3 is 14.8 Å². The van der Waals surface area contributed by atoms with Crippen molar-refractivity contribution < 1.29 is 14.3 Å². The van der Waals surface area contributed by atoms with Gasteiger partial charge in [-0.15, -0.1) is 0 Å². The number of para-hydroxylation sites is 1. The molecule has 1 unspecified atom stereocenters. The number of amides is 1. The Morgan fingerprint density at radius 3 is 3.00 bits per heavy atom. The first kappa shape index (κ1) is 17.3. The van der Waals surface area contributed by atoms with Gasteiger partial charge >= 0.3 is 0 Å². The lowest BCUT2D eigenvalue weighted by atomic mass is 9.92. The number of methoxy groups -OCH3 is 1. The zero-order valence-corrected chi connectivity index (χ0v) is 14.9. The van der Waals surface area contributed by atoms with E-state index in [0.717, 1.165) is 35.6 Å². The van der Waals surface area contributed by atoms with Crippen LogP contribution >= 0.6 is 0 Å². The Kier molecular flexibility index (Phi) is 5.22. The minimum absolute atomic E-state index is 0.0615. The number of carbonyl (C=O) groups excluding carboxylic acids is 1. The van der Waals surface area contributed by atoms with E-state index in [1.54, 1.807) is 19.4 Å². The summed E-state index contributed by atoms with van der Waals surface area (Å²) in [4.78, 5) is 16.6. The van der Waals surface area contributed by atoms with Gasteiger partial charge in [0.05, 0.1) is 13.7 Å². The predicted octanol–water partition coefficient (Wildman–Crippen LogP) is 3.02. The monoisotopic (exact) mass is 340 g/mol. The van der Waals surface area contributed by atoms with Crippen molar-refractivity contribution in [3.63, 3.8) is 0 Å². The molecule has 3 rings (SSSR count). The predicted molar refractivity (Wildman–Crippen MR) is 96.2 cm³/mol. The molecule has 5 nitrogen and oxygen atoms in total. The smallest absolute Gasteiger partial charge is 0.251 e. The summed E-state index contributed by atoms with van der Waals surface area (Å²) in [5.41, 5.74) is 2.72. The number of carbonyl (C=O) groups is 1. The van der Waals surface area contributed by atoms with Crippen LogP contribution in [0.15, 0.2) is 36.5 Å². The number of fused-ring (bicyclic) bond motifs is 1. The van der Waals surface area contributed by atoms with Crippen molar-refractivity contribution in [1.82, 2.24) is 10.3 Å². The molecule has 0 fully saturated rings. The molecule has 1 aromatic carbocycles. The van der Waals surface area contributed by atoms with E-state index in [2.05, 4.69) is 16.4 Å². The summed E-state index contributed by atoms with van der Waals surface area (Å²) in [6.45, 7) is 4.52. The number of ether oxygens (including phenoxy) is 2. The molecule has 25 heavy (non-hydrogen) atoms. The van der Waals surface area contributed by atoms with Crippen LogP contribution in [0.25, 0.3) is 0 Å². The van der Waals surface area contributed by atoms with E-state index < -0.39 is 0 Å². The molecule has 1 amide bonds. The van der Waals surface area contributed by atoms with Crippen molar-refractivity contribution in [3.05, 3.63) is 53.3 Å². The third kappa shape index (κ3) is 4.10. The van der Waals surface area contributed by atoms with E-state index in [4.69, 9.17) is 9.47 Å². The largest absolute Gasteiger partial charge is 0.493 e. The molecule has 0 saturated heterocycles. The van der Waals surface area contributed by atoms with Gasteiger partial charge in [-0.1, -0.05) is 12.1 Å². The highest BCUT2D eigenvalue weighted by molar-refractivity contribution is 5.94. The van der Waals surface area contributed by atoms with Crippen molar-refractivity contribution in [2.75, 3.05) is 13.7 Å². The van der Waals surface area contributed by atoms with Gasteiger partial charge in [0.1, 0.15) is 0 Å².